The van der Waals surface area contributed by atoms with Crippen molar-refractivity contribution >= 4 is 29.8 Å². The molecule has 14 heteroatoms. The standard InChI is InChI=1S/C25H33N9O5/c1-31-12-18(35)33(23(31)37)10-16-19-24(30-21(26)29-19)25(38,39)17(11-34(24)22(27)28-16)32(2)20(36)15-9-5-7-13-6-3-4-8-14(13)15/h5,7,9,16-17,19,38-39H,3-4,6,8,10-12H2,1-2H3,(H5,26,27,28,29,30)/p+2/t16-,17?,19-,24-/m0/s1. The Morgan fingerprint density at radius 3 is 2.72 bits per heavy atom. The number of aryl methyl sites for hydroxylation is 1. The van der Waals surface area contributed by atoms with Crippen LogP contribution < -0.4 is 27.1 Å². The van der Waals surface area contributed by atoms with Crippen molar-refractivity contribution in [1.29, 1.82) is 0 Å². The van der Waals surface area contributed by atoms with Crippen LogP contribution in [0.15, 0.2) is 18.2 Å². The Morgan fingerprint density at radius 1 is 1.26 bits per heavy atom. The summed E-state index contributed by atoms with van der Waals surface area (Å²) in [5, 5.41) is 29.8. The van der Waals surface area contributed by atoms with Gasteiger partial charge >= 0.3 is 18.0 Å². The number of hydrogen-bond donors (Lipinski definition) is 7. The summed E-state index contributed by atoms with van der Waals surface area (Å²) in [6, 6.07) is 2.54. The van der Waals surface area contributed by atoms with E-state index in [1.54, 1.807) is 17.7 Å². The SMILES string of the molecule is CN1CC(=O)N(C[C@@H]2NC(N)=[N+]3CC(N(C)C(=O)c4cccc5c4CCCC5)C(O)(O)[C@@]34NC(N)=[NH+][C@@H]24)C1=O. The normalized spacial score (nSPS) is 30.9. The van der Waals surface area contributed by atoms with E-state index in [1.807, 2.05) is 12.1 Å². The third kappa shape index (κ3) is 3.44. The highest BCUT2D eigenvalue weighted by molar-refractivity contribution is 6.02. The van der Waals surface area contributed by atoms with Crippen molar-refractivity contribution in [2.75, 3.05) is 33.7 Å². The molecule has 4 aliphatic heterocycles. The van der Waals surface area contributed by atoms with Gasteiger partial charge in [-0.2, -0.15) is 0 Å². The maximum Gasteiger partial charge on any atom is 0.347 e. The molecule has 1 unspecified atom stereocenters. The van der Waals surface area contributed by atoms with Crippen molar-refractivity contribution in [2.24, 2.45) is 11.5 Å². The fourth-order valence-electron chi connectivity index (χ4n) is 6.98. The van der Waals surface area contributed by atoms with E-state index in [-0.39, 0.29) is 43.4 Å². The molecule has 39 heavy (non-hydrogen) atoms. The molecule has 0 bridgehead atoms. The van der Waals surface area contributed by atoms with Crippen LogP contribution in [0.25, 0.3) is 0 Å². The zero-order valence-electron chi connectivity index (χ0n) is 22.0. The molecule has 6 rings (SSSR count). The van der Waals surface area contributed by atoms with Crippen LogP contribution in [0.5, 0.6) is 0 Å². The Balaban J connectivity index is 1.35. The molecule has 0 saturated carbocycles. The zero-order valence-corrected chi connectivity index (χ0v) is 22.0. The summed E-state index contributed by atoms with van der Waals surface area (Å²) in [6.07, 6.45) is 3.77. The first-order chi connectivity index (χ1) is 18.5. The average Bonchev–Trinajstić information content (AvgIpc) is 3.47. The highest BCUT2D eigenvalue weighted by atomic mass is 16.5. The first-order valence-corrected chi connectivity index (χ1v) is 13.2. The number of nitrogens with two attached hydrogens (primary N) is 2. The number of urea groups is 1. The first-order valence-electron chi connectivity index (χ1n) is 13.2. The van der Waals surface area contributed by atoms with E-state index >= 15 is 0 Å². The lowest BCUT2D eigenvalue weighted by Crippen LogP contribution is -2.92. The number of rotatable bonds is 4. The summed E-state index contributed by atoms with van der Waals surface area (Å²) >= 11 is 0. The van der Waals surface area contributed by atoms with Gasteiger partial charge in [0, 0.05) is 19.7 Å². The van der Waals surface area contributed by atoms with E-state index in [4.69, 9.17) is 11.5 Å². The van der Waals surface area contributed by atoms with E-state index in [9.17, 15) is 24.6 Å². The van der Waals surface area contributed by atoms with E-state index in [0.717, 1.165) is 41.7 Å². The van der Waals surface area contributed by atoms with Crippen LogP contribution in [0.4, 0.5) is 4.79 Å². The molecular weight excluding hydrogens is 506 g/mol. The molecule has 4 heterocycles. The van der Waals surface area contributed by atoms with Crippen LogP contribution in [-0.4, -0.2) is 123 Å². The minimum Gasteiger partial charge on any atom is -0.358 e. The fourth-order valence-corrected chi connectivity index (χ4v) is 6.98. The minimum absolute atomic E-state index is 0.0153. The van der Waals surface area contributed by atoms with Crippen LogP contribution in [0.3, 0.4) is 0 Å². The number of benzene rings is 1. The summed E-state index contributed by atoms with van der Waals surface area (Å²) in [5.41, 5.74) is 13.6. The number of imide groups is 1. The van der Waals surface area contributed by atoms with Gasteiger partial charge in [-0.1, -0.05) is 12.1 Å². The largest absolute Gasteiger partial charge is 0.358 e. The number of nitrogens with one attached hydrogen (secondary N) is 3. The predicted octanol–water partition coefficient (Wildman–Crippen LogP) is -5.04. The fraction of sp³-hybridized carbons (Fsp3) is 0.560. The van der Waals surface area contributed by atoms with Gasteiger partial charge in [-0.25, -0.2) is 14.7 Å². The number of nitrogens with zero attached hydrogens (tertiary/aromatic N) is 4. The Labute approximate surface area is 224 Å². The number of hydrogen-bond acceptors (Lipinski definition) is 9. The lowest BCUT2D eigenvalue weighted by molar-refractivity contribution is -0.674. The number of fused-ring (bicyclic) bond motifs is 1. The van der Waals surface area contributed by atoms with Gasteiger partial charge in [0.25, 0.3) is 17.4 Å². The molecule has 0 radical (unpaired) electrons. The second kappa shape index (κ2) is 8.55. The van der Waals surface area contributed by atoms with E-state index in [2.05, 4.69) is 15.6 Å². The van der Waals surface area contributed by atoms with Gasteiger partial charge in [0.05, 0.1) is 13.1 Å². The van der Waals surface area contributed by atoms with Crippen molar-refractivity contribution in [2.45, 2.75) is 55.3 Å². The Bertz CT molecular complexity index is 1340. The molecule has 14 nitrogen and oxygen atoms in total. The molecule has 2 saturated heterocycles. The van der Waals surface area contributed by atoms with Gasteiger partial charge in [0.15, 0.2) is 6.04 Å². The highest BCUT2D eigenvalue weighted by Gasteiger charge is 2.78. The molecule has 0 aromatic heterocycles. The van der Waals surface area contributed by atoms with Crippen LogP contribution >= 0.6 is 0 Å². The summed E-state index contributed by atoms with van der Waals surface area (Å²) in [5.74, 6) is -3.07. The van der Waals surface area contributed by atoms with Gasteiger partial charge in [-0.05, 0) is 42.9 Å². The number of guanidine groups is 2. The van der Waals surface area contributed by atoms with Crippen LogP contribution in [0.1, 0.15) is 34.3 Å². The molecule has 4 amide bonds. The summed E-state index contributed by atoms with van der Waals surface area (Å²) in [7, 11) is 3.08. The summed E-state index contributed by atoms with van der Waals surface area (Å²) in [4.78, 5) is 45.7. The van der Waals surface area contributed by atoms with Gasteiger partial charge in [0.2, 0.25) is 5.91 Å². The third-order valence-electron chi connectivity index (χ3n) is 8.94. The van der Waals surface area contributed by atoms with Gasteiger partial charge in [-0.3, -0.25) is 36.3 Å². The van der Waals surface area contributed by atoms with E-state index in [1.165, 1.54) is 16.8 Å². The van der Waals surface area contributed by atoms with Crippen molar-refractivity contribution < 1.29 is 34.2 Å². The number of carbonyl (C=O) groups is 3. The lowest BCUT2D eigenvalue weighted by Gasteiger charge is -2.42. The Kier molecular flexibility index (Phi) is 5.56. The summed E-state index contributed by atoms with van der Waals surface area (Å²) in [6.45, 7) is -0.149. The quantitative estimate of drug-likeness (QED) is 0.111. The monoisotopic (exact) mass is 541 g/mol. The third-order valence-corrected chi connectivity index (χ3v) is 8.94. The highest BCUT2D eigenvalue weighted by Crippen LogP contribution is 2.40. The Morgan fingerprint density at radius 2 is 2.00 bits per heavy atom. The Hall–Kier alpha value is -3.91. The predicted molar refractivity (Wildman–Crippen MR) is 137 cm³/mol. The van der Waals surface area contributed by atoms with Gasteiger partial charge in [0.1, 0.15) is 18.6 Å². The van der Waals surface area contributed by atoms with Crippen molar-refractivity contribution in [3.05, 3.63) is 34.9 Å². The number of aliphatic hydroxyl groups is 2. The smallest absolute Gasteiger partial charge is 0.347 e. The van der Waals surface area contributed by atoms with Crippen LogP contribution in [0.2, 0.25) is 0 Å². The second-order valence-corrected chi connectivity index (χ2v) is 11.1. The van der Waals surface area contributed by atoms with Crippen molar-refractivity contribution in [1.82, 2.24) is 25.3 Å². The lowest BCUT2D eigenvalue weighted by atomic mass is 9.84. The first kappa shape index (κ1) is 25.4. The van der Waals surface area contributed by atoms with E-state index in [0.29, 0.717) is 5.56 Å². The molecule has 4 atom stereocenters. The summed E-state index contributed by atoms with van der Waals surface area (Å²) < 4.78 is 1.55. The second-order valence-electron chi connectivity index (χ2n) is 11.1. The topological polar surface area (TPSA) is 194 Å². The van der Waals surface area contributed by atoms with Crippen molar-refractivity contribution in [3.8, 4) is 0 Å². The van der Waals surface area contributed by atoms with Crippen LogP contribution in [0, 0.1) is 0 Å². The molecule has 208 valence electrons. The van der Waals surface area contributed by atoms with E-state index < -0.39 is 35.6 Å². The average molecular weight is 542 g/mol. The van der Waals surface area contributed by atoms with Gasteiger partial charge < -0.3 is 20.0 Å². The van der Waals surface area contributed by atoms with Crippen LogP contribution in [-0.2, 0) is 17.6 Å². The molecule has 1 aromatic carbocycles. The van der Waals surface area contributed by atoms with Gasteiger partial charge in [-0.15, -0.1) is 0 Å². The maximum atomic E-state index is 13.8. The molecule has 1 aliphatic carbocycles. The minimum atomic E-state index is -2.55. The molecule has 5 aliphatic rings. The molecule has 2 fully saturated rings. The molecule has 1 aromatic rings. The number of carbonyl (C=O) groups excluding carboxylic acids is 3. The molecule has 9 N–H and O–H groups in total. The molecular formula is C25H35N9O5+2. The molecule has 1 spiro atoms. The van der Waals surface area contributed by atoms with Crippen molar-refractivity contribution in [3.63, 3.8) is 0 Å². The number of likely N-dealkylation sites (N-methyl/N-ethyl adjacent to an activating group) is 2. The maximum absolute atomic E-state index is 13.8. The zero-order chi connectivity index (χ0) is 27.9. The number of amides is 4.